The molecule has 2 unspecified atom stereocenters. The molecule has 2 aliphatic rings. The highest BCUT2D eigenvalue weighted by Crippen LogP contribution is 2.51. The van der Waals surface area contributed by atoms with Gasteiger partial charge in [0.25, 0.3) is 0 Å². The molecule has 1 aliphatic carbocycles. The zero-order chi connectivity index (χ0) is 22.2. The van der Waals surface area contributed by atoms with Gasteiger partial charge < -0.3 is 15.2 Å². The lowest BCUT2D eigenvalue weighted by Crippen LogP contribution is -2.68. The number of nitrogens with one attached hydrogen (secondary N) is 2. The maximum Gasteiger partial charge on any atom is 0.408 e. The first-order chi connectivity index (χ1) is 14.8. The molecule has 0 spiro atoms. The van der Waals surface area contributed by atoms with Crippen molar-refractivity contribution in [3.8, 4) is 5.88 Å². The standard InChI is InChI=1S/C22H29N5O4/c1-13-12-22(2,27(13)21(29)30)16-5-4-15(10-16)17-11-18(26-25-17)24-19(28)8-14-6-7-23-20(9-14)31-3/h6-7,9,11,13,15-16H,4-5,8,10,12H2,1-3H3,(H,29,30)(H2,24,25,26,28)/t13-,15?,16?,22-/m1/s1. The number of H-pyrrole nitrogens is 1. The third-order valence-electron chi connectivity index (χ3n) is 6.90. The lowest BCUT2D eigenvalue weighted by Gasteiger charge is -2.57. The maximum atomic E-state index is 12.4. The fourth-order valence-corrected chi connectivity index (χ4v) is 5.43. The number of carbonyl (C=O) groups is 2. The van der Waals surface area contributed by atoms with E-state index in [1.165, 1.54) is 7.11 Å². The Morgan fingerprint density at radius 3 is 2.90 bits per heavy atom. The molecule has 9 nitrogen and oxygen atoms in total. The molecule has 9 heteroatoms. The molecule has 0 bridgehead atoms. The lowest BCUT2D eigenvalue weighted by molar-refractivity contribution is -0.115. The van der Waals surface area contributed by atoms with E-state index in [1.54, 1.807) is 23.2 Å². The highest BCUT2D eigenvalue weighted by atomic mass is 16.5. The van der Waals surface area contributed by atoms with Crippen molar-refractivity contribution in [3.63, 3.8) is 0 Å². The Morgan fingerprint density at radius 2 is 2.19 bits per heavy atom. The average Bonchev–Trinajstić information content (AvgIpc) is 3.36. The van der Waals surface area contributed by atoms with Gasteiger partial charge in [-0.3, -0.25) is 14.8 Å². The molecule has 1 saturated carbocycles. The van der Waals surface area contributed by atoms with Crippen molar-refractivity contribution < 1.29 is 19.4 Å². The number of anilines is 1. The number of hydrogen-bond acceptors (Lipinski definition) is 5. The molecule has 4 atom stereocenters. The van der Waals surface area contributed by atoms with Crippen LogP contribution in [-0.4, -0.2) is 55.9 Å². The Labute approximate surface area is 181 Å². The minimum Gasteiger partial charge on any atom is -0.481 e. The van der Waals surface area contributed by atoms with Crippen LogP contribution < -0.4 is 10.1 Å². The first-order valence-electron chi connectivity index (χ1n) is 10.7. The third kappa shape index (κ3) is 4.08. The number of ether oxygens (including phenoxy) is 1. The summed E-state index contributed by atoms with van der Waals surface area (Å²) in [7, 11) is 1.54. The molecule has 1 saturated heterocycles. The summed E-state index contributed by atoms with van der Waals surface area (Å²) in [5.41, 5.74) is 1.51. The van der Waals surface area contributed by atoms with Crippen LogP contribution in [0.4, 0.5) is 10.6 Å². The predicted octanol–water partition coefficient (Wildman–Crippen LogP) is 3.41. The first-order valence-corrected chi connectivity index (χ1v) is 10.7. The Morgan fingerprint density at radius 1 is 1.39 bits per heavy atom. The van der Waals surface area contributed by atoms with Crippen molar-refractivity contribution in [2.75, 3.05) is 12.4 Å². The summed E-state index contributed by atoms with van der Waals surface area (Å²) >= 11 is 0. The number of pyridine rings is 1. The summed E-state index contributed by atoms with van der Waals surface area (Å²) in [4.78, 5) is 29.7. The van der Waals surface area contributed by atoms with Gasteiger partial charge in [0.05, 0.1) is 13.5 Å². The lowest BCUT2D eigenvalue weighted by atomic mass is 9.70. The molecule has 0 radical (unpaired) electrons. The molecule has 3 heterocycles. The number of rotatable bonds is 6. The zero-order valence-corrected chi connectivity index (χ0v) is 18.1. The quantitative estimate of drug-likeness (QED) is 0.650. The number of aromatic nitrogens is 3. The predicted molar refractivity (Wildman–Crippen MR) is 114 cm³/mol. The second kappa shape index (κ2) is 8.20. The van der Waals surface area contributed by atoms with E-state index >= 15 is 0 Å². The second-order valence-corrected chi connectivity index (χ2v) is 8.91. The molecule has 1 aliphatic heterocycles. The summed E-state index contributed by atoms with van der Waals surface area (Å²) < 4.78 is 5.09. The molecule has 166 valence electrons. The molecule has 3 N–H and O–H groups in total. The topological polar surface area (TPSA) is 120 Å². The SMILES string of the molecule is COc1cc(CC(=O)Nc2cc(C3CCC([C@@]4(C)C[C@@H](C)N4C(=O)O)C3)[nH]n2)ccn1. The van der Waals surface area contributed by atoms with Crippen LogP contribution in [0.1, 0.15) is 56.7 Å². The summed E-state index contributed by atoms with van der Waals surface area (Å²) in [5, 5.41) is 19.7. The minimum atomic E-state index is -0.831. The fraction of sp³-hybridized carbons (Fsp3) is 0.545. The molecule has 2 aromatic heterocycles. The number of hydrogen-bond donors (Lipinski definition) is 3. The van der Waals surface area contributed by atoms with E-state index in [2.05, 4.69) is 27.4 Å². The van der Waals surface area contributed by atoms with Crippen molar-refractivity contribution >= 4 is 17.8 Å². The van der Waals surface area contributed by atoms with Crippen LogP contribution in [0.2, 0.25) is 0 Å². The van der Waals surface area contributed by atoms with E-state index in [-0.39, 0.29) is 29.8 Å². The van der Waals surface area contributed by atoms with Crippen molar-refractivity contribution in [1.82, 2.24) is 20.1 Å². The minimum absolute atomic E-state index is 0.0795. The third-order valence-corrected chi connectivity index (χ3v) is 6.90. The average molecular weight is 428 g/mol. The number of amides is 2. The van der Waals surface area contributed by atoms with Crippen LogP contribution in [-0.2, 0) is 11.2 Å². The van der Waals surface area contributed by atoms with Gasteiger partial charge in [0.15, 0.2) is 5.82 Å². The fourth-order valence-electron chi connectivity index (χ4n) is 5.43. The van der Waals surface area contributed by atoms with Crippen LogP contribution in [0.5, 0.6) is 5.88 Å². The van der Waals surface area contributed by atoms with Crippen molar-refractivity contribution in [3.05, 3.63) is 35.7 Å². The van der Waals surface area contributed by atoms with E-state index in [0.717, 1.165) is 36.9 Å². The second-order valence-electron chi connectivity index (χ2n) is 8.91. The zero-order valence-electron chi connectivity index (χ0n) is 18.1. The van der Waals surface area contributed by atoms with E-state index in [0.29, 0.717) is 17.6 Å². The van der Waals surface area contributed by atoms with Crippen LogP contribution in [0.3, 0.4) is 0 Å². The Balaban J connectivity index is 1.35. The molecular weight excluding hydrogens is 398 g/mol. The Hall–Kier alpha value is -3.10. The van der Waals surface area contributed by atoms with Crippen LogP contribution in [0.25, 0.3) is 0 Å². The normalized spacial score (nSPS) is 27.6. The van der Waals surface area contributed by atoms with Crippen molar-refractivity contribution in [2.24, 2.45) is 5.92 Å². The van der Waals surface area contributed by atoms with Gasteiger partial charge in [0.2, 0.25) is 11.8 Å². The van der Waals surface area contributed by atoms with Gasteiger partial charge >= 0.3 is 6.09 Å². The van der Waals surface area contributed by atoms with Gasteiger partial charge in [-0.1, -0.05) is 0 Å². The smallest absolute Gasteiger partial charge is 0.408 e. The Bertz CT molecular complexity index is 976. The molecule has 0 aromatic carbocycles. The monoisotopic (exact) mass is 427 g/mol. The molecule has 4 rings (SSSR count). The van der Waals surface area contributed by atoms with E-state index in [4.69, 9.17) is 4.74 Å². The summed E-state index contributed by atoms with van der Waals surface area (Å²) in [6.07, 6.45) is 4.77. The van der Waals surface area contributed by atoms with Gasteiger partial charge in [-0.2, -0.15) is 5.10 Å². The Kier molecular flexibility index (Phi) is 5.60. The highest BCUT2D eigenvalue weighted by Gasteiger charge is 2.55. The number of carbonyl (C=O) groups excluding carboxylic acids is 1. The number of carboxylic acid groups (broad SMARTS) is 1. The number of aromatic amines is 1. The molecule has 31 heavy (non-hydrogen) atoms. The summed E-state index contributed by atoms with van der Waals surface area (Å²) in [6, 6.07) is 5.48. The number of nitrogens with zero attached hydrogens (tertiary/aromatic N) is 3. The first kappa shape index (κ1) is 21.1. The van der Waals surface area contributed by atoms with E-state index in [9.17, 15) is 14.7 Å². The van der Waals surface area contributed by atoms with E-state index in [1.807, 2.05) is 13.0 Å². The largest absolute Gasteiger partial charge is 0.481 e. The molecule has 2 amide bonds. The van der Waals surface area contributed by atoms with Crippen molar-refractivity contribution in [2.45, 2.75) is 63.5 Å². The van der Waals surface area contributed by atoms with Gasteiger partial charge in [-0.15, -0.1) is 0 Å². The van der Waals surface area contributed by atoms with Gasteiger partial charge in [0.1, 0.15) is 0 Å². The van der Waals surface area contributed by atoms with Gasteiger partial charge in [-0.05, 0) is 57.1 Å². The maximum absolute atomic E-state index is 12.4. The van der Waals surface area contributed by atoms with Crippen LogP contribution in [0, 0.1) is 5.92 Å². The molecule has 2 fully saturated rings. The highest BCUT2D eigenvalue weighted by molar-refractivity contribution is 5.91. The van der Waals surface area contributed by atoms with Gasteiger partial charge in [0, 0.05) is 41.5 Å². The van der Waals surface area contributed by atoms with Crippen molar-refractivity contribution in [1.29, 1.82) is 0 Å². The molecular formula is C22H29N5O4. The van der Waals surface area contributed by atoms with Crippen LogP contribution >= 0.6 is 0 Å². The summed E-state index contributed by atoms with van der Waals surface area (Å²) in [5.74, 6) is 1.42. The summed E-state index contributed by atoms with van der Waals surface area (Å²) in [6.45, 7) is 4.04. The number of methoxy groups -OCH3 is 1. The van der Waals surface area contributed by atoms with Gasteiger partial charge in [-0.25, -0.2) is 9.78 Å². The number of likely N-dealkylation sites (tertiary alicyclic amines) is 1. The van der Waals surface area contributed by atoms with Crippen LogP contribution in [0.15, 0.2) is 24.4 Å². The van der Waals surface area contributed by atoms with E-state index < -0.39 is 6.09 Å². The molecule has 2 aromatic rings.